The summed E-state index contributed by atoms with van der Waals surface area (Å²) in [4.78, 5) is 29.1. The monoisotopic (exact) mass is 326 g/mol. The molecule has 0 bridgehead atoms. The number of hydrogen-bond donors (Lipinski definition) is 2. The van der Waals surface area contributed by atoms with E-state index in [1.807, 2.05) is 18.2 Å². The van der Waals surface area contributed by atoms with Gasteiger partial charge in [0.15, 0.2) is 0 Å². The minimum atomic E-state index is -0.340. The second-order valence-electron chi connectivity index (χ2n) is 6.06. The van der Waals surface area contributed by atoms with Crippen molar-refractivity contribution in [1.82, 2.24) is 20.2 Å². The van der Waals surface area contributed by atoms with Gasteiger partial charge in [-0.2, -0.15) is 0 Å². The van der Waals surface area contributed by atoms with E-state index in [1.54, 1.807) is 6.07 Å². The van der Waals surface area contributed by atoms with E-state index in [4.69, 9.17) is 4.42 Å². The van der Waals surface area contributed by atoms with Crippen LogP contribution < -0.4 is 16.2 Å². The average Bonchev–Trinajstić information content (AvgIpc) is 2.98. The fourth-order valence-corrected chi connectivity index (χ4v) is 3.13. The van der Waals surface area contributed by atoms with Gasteiger partial charge in [0.25, 0.3) is 5.56 Å². The van der Waals surface area contributed by atoms with Gasteiger partial charge in [-0.25, -0.2) is 4.98 Å². The first kappa shape index (κ1) is 14.9. The van der Waals surface area contributed by atoms with E-state index in [-0.39, 0.29) is 29.6 Å². The summed E-state index contributed by atoms with van der Waals surface area (Å²) in [6, 6.07) is 7.49. The molecule has 1 aliphatic rings. The van der Waals surface area contributed by atoms with Crippen molar-refractivity contribution in [3.63, 3.8) is 0 Å². The normalized spacial score (nSPS) is 18.1. The fourth-order valence-electron chi connectivity index (χ4n) is 3.13. The maximum Gasteiger partial charge on any atom is 0.297 e. The van der Waals surface area contributed by atoms with E-state index in [2.05, 4.69) is 15.6 Å². The molecule has 124 valence electrons. The largest absolute Gasteiger partial charge is 0.448 e. The van der Waals surface area contributed by atoms with Crippen LogP contribution in [0.2, 0.25) is 0 Å². The molecule has 0 unspecified atom stereocenters. The molecule has 1 aliphatic heterocycles. The Morgan fingerprint density at radius 2 is 2.29 bits per heavy atom. The van der Waals surface area contributed by atoms with Crippen LogP contribution in [-0.2, 0) is 11.3 Å². The van der Waals surface area contributed by atoms with Crippen LogP contribution in [0.1, 0.15) is 12.8 Å². The summed E-state index contributed by atoms with van der Waals surface area (Å²) >= 11 is 0. The Hall–Kier alpha value is -2.67. The SMILES string of the molecule is O=C(Cn1cnc2c(oc3ccccc32)c1=O)N[C@H]1CCCNC1. The summed E-state index contributed by atoms with van der Waals surface area (Å²) in [5.74, 6) is -0.192. The number of aromatic nitrogens is 2. The van der Waals surface area contributed by atoms with Crippen molar-refractivity contribution in [2.45, 2.75) is 25.4 Å². The maximum absolute atomic E-state index is 12.6. The molecule has 7 nitrogen and oxygen atoms in total. The molecular weight excluding hydrogens is 308 g/mol. The van der Waals surface area contributed by atoms with E-state index in [0.717, 1.165) is 31.3 Å². The number of nitrogens with zero attached hydrogens (tertiary/aromatic N) is 2. The van der Waals surface area contributed by atoms with Gasteiger partial charge in [-0.3, -0.25) is 14.2 Å². The van der Waals surface area contributed by atoms with Crippen molar-refractivity contribution in [3.8, 4) is 0 Å². The minimum Gasteiger partial charge on any atom is -0.448 e. The molecule has 1 aromatic carbocycles. The number of furan rings is 1. The van der Waals surface area contributed by atoms with Gasteiger partial charge in [0, 0.05) is 18.0 Å². The maximum atomic E-state index is 12.6. The van der Waals surface area contributed by atoms with Gasteiger partial charge < -0.3 is 15.1 Å². The molecule has 1 amide bonds. The molecule has 0 saturated carbocycles. The third kappa shape index (κ3) is 2.67. The molecule has 1 atom stereocenters. The van der Waals surface area contributed by atoms with Crippen molar-refractivity contribution in [2.24, 2.45) is 0 Å². The highest BCUT2D eigenvalue weighted by Crippen LogP contribution is 2.23. The highest BCUT2D eigenvalue weighted by atomic mass is 16.3. The fraction of sp³-hybridized carbons (Fsp3) is 0.353. The number of nitrogens with one attached hydrogen (secondary N) is 2. The smallest absolute Gasteiger partial charge is 0.297 e. The number of carbonyl (C=O) groups is 1. The second-order valence-corrected chi connectivity index (χ2v) is 6.06. The average molecular weight is 326 g/mol. The Balaban J connectivity index is 1.60. The highest BCUT2D eigenvalue weighted by molar-refractivity contribution is 6.01. The van der Waals surface area contributed by atoms with Crippen molar-refractivity contribution in [3.05, 3.63) is 40.9 Å². The molecule has 24 heavy (non-hydrogen) atoms. The Morgan fingerprint density at radius 1 is 1.42 bits per heavy atom. The Kier molecular flexibility index (Phi) is 3.78. The van der Waals surface area contributed by atoms with Crippen molar-refractivity contribution >= 4 is 28.0 Å². The molecule has 3 aromatic rings. The van der Waals surface area contributed by atoms with E-state index in [0.29, 0.717) is 11.1 Å². The molecule has 7 heteroatoms. The summed E-state index contributed by atoms with van der Waals surface area (Å²) in [7, 11) is 0. The lowest BCUT2D eigenvalue weighted by molar-refractivity contribution is -0.122. The van der Waals surface area contributed by atoms with Crippen LogP contribution in [0.4, 0.5) is 0 Å². The first-order chi connectivity index (χ1) is 11.7. The van der Waals surface area contributed by atoms with Crippen LogP contribution in [0.3, 0.4) is 0 Å². The van der Waals surface area contributed by atoms with Crippen LogP contribution in [-0.4, -0.2) is 34.6 Å². The van der Waals surface area contributed by atoms with Gasteiger partial charge >= 0.3 is 0 Å². The van der Waals surface area contributed by atoms with Crippen molar-refractivity contribution < 1.29 is 9.21 Å². The molecule has 2 N–H and O–H groups in total. The third-order valence-corrected chi connectivity index (χ3v) is 4.33. The van der Waals surface area contributed by atoms with Gasteiger partial charge in [-0.05, 0) is 31.5 Å². The highest BCUT2D eigenvalue weighted by Gasteiger charge is 2.17. The molecule has 3 heterocycles. The lowest BCUT2D eigenvalue weighted by atomic mass is 10.1. The Labute approximate surface area is 137 Å². The number of carbonyl (C=O) groups excluding carboxylic acids is 1. The standard InChI is InChI=1S/C17H18N4O3/c22-14(20-11-4-3-7-18-8-11)9-21-10-19-15-12-5-1-2-6-13(12)24-16(15)17(21)23/h1-2,5-6,10-11,18H,3-4,7-9H2,(H,20,22)/t11-/m0/s1. The lowest BCUT2D eigenvalue weighted by Crippen LogP contribution is -2.47. The molecule has 1 fully saturated rings. The topological polar surface area (TPSA) is 89.2 Å². The quantitative estimate of drug-likeness (QED) is 0.750. The van der Waals surface area contributed by atoms with Crippen LogP contribution in [0.25, 0.3) is 22.1 Å². The number of para-hydroxylation sites is 1. The van der Waals surface area contributed by atoms with Crippen LogP contribution in [0.5, 0.6) is 0 Å². The molecule has 2 aromatic heterocycles. The Morgan fingerprint density at radius 3 is 3.12 bits per heavy atom. The number of amides is 1. The summed E-state index contributed by atoms with van der Waals surface area (Å²) in [5.41, 5.74) is 0.996. The number of rotatable bonds is 3. The molecular formula is C17H18N4O3. The summed E-state index contributed by atoms with van der Waals surface area (Å²) in [6.45, 7) is 1.69. The molecule has 1 saturated heterocycles. The van der Waals surface area contributed by atoms with E-state index in [9.17, 15) is 9.59 Å². The van der Waals surface area contributed by atoms with Crippen molar-refractivity contribution in [2.75, 3.05) is 13.1 Å². The first-order valence-electron chi connectivity index (χ1n) is 8.09. The first-order valence-corrected chi connectivity index (χ1v) is 8.09. The molecule has 0 spiro atoms. The minimum absolute atomic E-state index is 0.0602. The van der Waals surface area contributed by atoms with E-state index in [1.165, 1.54) is 10.9 Å². The zero-order chi connectivity index (χ0) is 16.5. The van der Waals surface area contributed by atoms with Gasteiger partial charge in [-0.15, -0.1) is 0 Å². The van der Waals surface area contributed by atoms with Crippen LogP contribution in [0.15, 0.2) is 39.8 Å². The van der Waals surface area contributed by atoms with Gasteiger partial charge in [0.1, 0.15) is 17.6 Å². The summed E-state index contributed by atoms with van der Waals surface area (Å²) < 4.78 is 6.91. The lowest BCUT2D eigenvalue weighted by Gasteiger charge is -2.23. The summed E-state index contributed by atoms with van der Waals surface area (Å²) in [5, 5.41) is 6.99. The van der Waals surface area contributed by atoms with Crippen LogP contribution >= 0.6 is 0 Å². The molecule has 0 aliphatic carbocycles. The summed E-state index contributed by atoms with van der Waals surface area (Å²) in [6.07, 6.45) is 3.40. The van der Waals surface area contributed by atoms with Crippen LogP contribution in [0, 0.1) is 0 Å². The van der Waals surface area contributed by atoms with Gasteiger partial charge in [0.05, 0.1) is 6.33 Å². The number of hydrogen-bond acceptors (Lipinski definition) is 5. The van der Waals surface area contributed by atoms with E-state index < -0.39 is 0 Å². The number of fused-ring (bicyclic) bond motifs is 3. The van der Waals surface area contributed by atoms with Gasteiger partial charge in [-0.1, -0.05) is 12.1 Å². The third-order valence-electron chi connectivity index (χ3n) is 4.33. The second kappa shape index (κ2) is 6.09. The molecule has 4 rings (SSSR count). The predicted octanol–water partition coefficient (Wildman–Crippen LogP) is 1.01. The zero-order valence-electron chi connectivity index (χ0n) is 13.1. The number of piperidine rings is 1. The molecule has 0 radical (unpaired) electrons. The van der Waals surface area contributed by atoms with E-state index >= 15 is 0 Å². The Bertz CT molecular complexity index is 953. The predicted molar refractivity (Wildman–Crippen MR) is 89.8 cm³/mol. The number of benzene rings is 1. The zero-order valence-corrected chi connectivity index (χ0v) is 13.1. The van der Waals surface area contributed by atoms with Crippen molar-refractivity contribution in [1.29, 1.82) is 0 Å². The van der Waals surface area contributed by atoms with Gasteiger partial charge in [0.2, 0.25) is 11.5 Å².